The number of ether oxygens (including phenoxy) is 5. The first-order chi connectivity index (χ1) is 20.5. The summed E-state index contributed by atoms with van der Waals surface area (Å²) >= 11 is 17.0. The van der Waals surface area contributed by atoms with Crippen LogP contribution in [-0.4, -0.2) is 67.3 Å². The molecule has 250 valence electrons. The van der Waals surface area contributed by atoms with Gasteiger partial charge in [-0.15, -0.1) is 11.6 Å². The summed E-state index contributed by atoms with van der Waals surface area (Å²) in [6.07, 6.45) is 1.53. The topological polar surface area (TPSA) is 113 Å². The van der Waals surface area contributed by atoms with Crippen LogP contribution in [0.4, 0.5) is 10.5 Å². The van der Waals surface area contributed by atoms with Crippen LogP contribution in [0.2, 0.25) is 10.0 Å². The highest BCUT2D eigenvalue weighted by Crippen LogP contribution is 2.28. The van der Waals surface area contributed by atoms with Crippen molar-refractivity contribution >= 4 is 52.6 Å². The van der Waals surface area contributed by atoms with Crippen molar-refractivity contribution < 1.29 is 38.4 Å². The van der Waals surface area contributed by atoms with Gasteiger partial charge in [0.2, 0.25) is 0 Å². The van der Waals surface area contributed by atoms with E-state index in [0.29, 0.717) is 48.8 Å². The van der Waals surface area contributed by atoms with E-state index < -0.39 is 23.3 Å². The second-order valence-corrected chi connectivity index (χ2v) is 12.4. The Kier molecular flexibility index (Phi) is 20.9. The van der Waals surface area contributed by atoms with Gasteiger partial charge in [0.25, 0.3) is 0 Å². The van der Waals surface area contributed by atoms with Crippen molar-refractivity contribution in [2.75, 3.05) is 44.2 Å². The molecule has 2 N–H and O–H groups in total. The zero-order valence-corrected chi connectivity index (χ0v) is 29.3. The molecule has 0 unspecified atom stereocenters. The van der Waals surface area contributed by atoms with Gasteiger partial charge in [-0.25, -0.2) is 9.59 Å². The lowest BCUT2D eigenvalue weighted by molar-refractivity contribution is 0.00688. The van der Waals surface area contributed by atoms with Gasteiger partial charge in [-0.3, -0.25) is 5.32 Å². The molecule has 0 saturated carbocycles. The Morgan fingerprint density at radius 2 is 1.34 bits per heavy atom. The Morgan fingerprint density at radius 3 is 1.86 bits per heavy atom. The Bertz CT molecular complexity index is 1110. The number of phenolic OH excluding ortho intramolecular Hbond substituents is 1. The predicted octanol–water partition coefficient (Wildman–Crippen LogP) is 9.15. The second kappa shape index (κ2) is 22.1. The zero-order valence-electron chi connectivity index (χ0n) is 27.1. The molecule has 1 amide bonds. The minimum absolute atomic E-state index is 0.125. The number of halogens is 3. The van der Waals surface area contributed by atoms with Crippen LogP contribution in [0.5, 0.6) is 11.5 Å². The number of nitrogens with one attached hydrogen (secondary N) is 1. The van der Waals surface area contributed by atoms with Crippen LogP contribution >= 0.6 is 34.8 Å². The average molecular weight is 681 g/mol. The second-order valence-electron chi connectivity index (χ2n) is 11.2. The first-order valence-electron chi connectivity index (χ1n) is 14.4. The number of alkyl halides is 1. The molecule has 2 aromatic rings. The summed E-state index contributed by atoms with van der Waals surface area (Å²) in [5, 5.41) is 12.6. The van der Waals surface area contributed by atoms with Gasteiger partial charge in [0, 0.05) is 30.8 Å². The van der Waals surface area contributed by atoms with Gasteiger partial charge in [-0.2, -0.15) is 0 Å². The molecule has 44 heavy (non-hydrogen) atoms. The van der Waals surface area contributed by atoms with E-state index >= 15 is 0 Å². The Labute approximate surface area is 277 Å². The quantitative estimate of drug-likeness (QED) is 0.130. The first kappa shape index (κ1) is 41.6. The number of phenols is 1. The van der Waals surface area contributed by atoms with Gasteiger partial charge >= 0.3 is 12.1 Å². The van der Waals surface area contributed by atoms with E-state index in [2.05, 4.69) is 12.2 Å². The highest BCUT2D eigenvalue weighted by molar-refractivity contribution is 6.32. The van der Waals surface area contributed by atoms with E-state index in [1.807, 2.05) is 6.92 Å². The van der Waals surface area contributed by atoms with E-state index in [-0.39, 0.29) is 16.3 Å². The van der Waals surface area contributed by atoms with Gasteiger partial charge in [0.1, 0.15) is 29.3 Å². The van der Waals surface area contributed by atoms with E-state index in [9.17, 15) is 14.7 Å². The molecule has 0 spiro atoms. The van der Waals surface area contributed by atoms with Crippen LogP contribution < -0.4 is 10.1 Å². The third kappa shape index (κ3) is 21.3. The summed E-state index contributed by atoms with van der Waals surface area (Å²) in [4.78, 5) is 23.3. The zero-order chi connectivity index (χ0) is 33.8. The van der Waals surface area contributed by atoms with Gasteiger partial charge < -0.3 is 28.8 Å². The summed E-state index contributed by atoms with van der Waals surface area (Å²) in [5.41, 5.74) is -0.256. The normalized spacial score (nSPS) is 10.9. The highest BCUT2D eigenvalue weighted by Gasteiger charge is 2.19. The molecular weight excluding hydrogens is 633 g/mol. The average Bonchev–Trinajstić information content (AvgIpc) is 2.91. The van der Waals surface area contributed by atoms with Crippen LogP contribution in [0.15, 0.2) is 36.4 Å². The number of anilines is 1. The first-order valence-corrected chi connectivity index (χ1v) is 15.7. The van der Waals surface area contributed by atoms with E-state index in [1.54, 1.807) is 59.7 Å². The van der Waals surface area contributed by atoms with Crippen molar-refractivity contribution in [1.29, 1.82) is 0 Å². The number of amides is 1. The summed E-state index contributed by atoms with van der Waals surface area (Å²) in [6, 6.07) is 9.26. The van der Waals surface area contributed by atoms with Crippen molar-refractivity contribution in [2.45, 2.75) is 79.4 Å². The fourth-order valence-electron chi connectivity index (χ4n) is 2.85. The number of rotatable bonds is 12. The molecular formula is C32H48Cl3NO8. The minimum atomic E-state index is -0.549. The lowest BCUT2D eigenvalue weighted by Crippen LogP contribution is -2.27. The molecule has 0 atom stereocenters. The fourth-order valence-corrected chi connectivity index (χ4v) is 3.25. The van der Waals surface area contributed by atoms with Gasteiger partial charge in [-0.05, 0) is 84.7 Å². The summed E-state index contributed by atoms with van der Waals surface area (Å²) in [5.74, 6) is 0.504. The van der Waals surface area contributed by atoms with Crippen molar-refractivity contribution in [1.82, 2.24) is 0 Å². The van der Waals surface area contributed by atoms with E-state index in [0.717, 1.165) is 19.4 Å². The van der Waals surface area contributed by atoms with Crippen molar-refractivity contribution in [2.24, 2.45) is 0 Å². The Balaban J connectivity index is 0.000000722. The molecule has 0 fully saturated rings. The number of aromatic hydroxyl groups is 1. The van der Waals surface area contributed by atoms with Crippen LogP contribution in [-0.2, 0) is 18.9 Å². The summed E-state index contributed by atoms with van der Waals surface area (Å²) < 4.78 is 26.2. The van der Waals surface area contributed by atoms with Gasteiger partial charge in [0.15, 0.2) is 0 Å². The lowest BCUT2D eigenvalue weighted by atomic mass is 10.1. The monoisotopic (exact) mass is 679 g/mol. The summed E-state index contributed by atoms with van der Waals surface area (Å²) in [7, 11) is 0. The molecule has 0 aliphatic rings. The molecule has 12 heteroatoms. The van der Waals surface area contributed by atoms with Crippen molar-refractivity contribution in [3.8, 4) is 11.5 Å². The van der Waals surface area contributed by atoms with Crippen molar-refractivity contribution in [3.63, 3.8) is 0 Å². The molecule has 0 aliphatic heterocycles. The third-order valence-electron chi connectivity index (χ3n) is 4.56. The molecule has 0 aromatic heterocycles. The maximum atomic E-state index is 11.7. The maximum absolute atomic E-state index is 11.7. The molecule has 2 rings (SSSR count). The number of carbonyl (C=O) groups is 2. The fraction of sp³-hybridized carbons (Fsp3) is 0.562. The van der Waals surface area contributed by atoms with Crippen LogP contribution in [0, 0.1) is 0 Å². The van der Waals surface area contributed by atoms with E-state index in [1.165, 1.54) is 18.2 Å². The number of hydrogen-bond acceptors (Lipinski definition) is 8. The minimum Gasteiger partial charge on any atom is -0.506 e. The molecule has 0 heterocycles. The Morgan fingerprint density at radius 1 is 0.773 bits per heavy atom. The molecule has 0 bridgehead atoms. The van der Waals surface area contributed by atoms with Crippen molar-refractivity contribution in [3.05, 3.63) is 52.0 Å². The predicted molar refractivity (Wildman–Crippen MR) is 178 cm³/mol. The van der Waals surface area contributed by atoms with Crippen LogP contribution in [0.3, 0.4) is 0 Å². The van der Waals surface area contributed by atoms with Gasteiger partial charge in [0.05, 0.1) is 28.8 Å². The standard InChI is InChI=1S/C16H24ClNO4.C11H13ClO3.C5H11ClO/c1-5-8-20-9-10-21-14-11-12(6-7-13(14)17)18-15(19)22-16(2,3)4;1-11(2,3)15-10(14)7-4-5-8(12)9(13)6-7;1-2-4-7-5-3-6/h6-7,11H,5,8-10H2,1-4H3,(H,18,19);4-6,13H,1-3H3;2-5H2,1H3. The largest absolute Gasteiger partial charge is 0.506 e. The molecule has 0 radical (unpaired) electrons. The molecule has 9 nitrogen and oxygen atoms in total. The molecule has 0 saturated heterocycles. The Hall–Kier alpha value is -2.43. The molecule has 2 aromatic carbocycles. The summed E-state index contributed by atoms with van der Waals surface area (Å²) in [6.45, 7) is 18.0. The lowest BCUT2D eigenvalue weighted by Gasteiger charge is -2.20. The van der Waals surface area contributed by atoms with Crippen LogP contribution in [0.1, 0.15) is 78.6 Å². The smallest absolute Gasteiger partial charge is 0.412 e. The third-order valence-corrected chi connectivity index (χ3v) is 5.35. The molecule has 0 aliphatic carbocycles. The number of esters is 1. The highest BCUT2D eigenvalue weighted by atomic mass is 35.5. The van der Waals surface area contributed by atoms with E-state index in [4.69, 9.17) is 58.5 Å². The number of benzene rings is 2. The van der Waals surface area contributed by atoms with Crippen LogP contribution in [0.25, 0.3) is 0 Å². The van der Waals surface area contributed by atoms with Gasteiger partial charge in [-0.1, -0.05) is 37.0 Å². The SMILES string of the molecule is CC(C)(C)OC(=O)c1ccc(Cl)c(O)c1.CCCOCCCl.CCCOCCOc1cc(NC(=O)OC(C)(C)C)ccc1Cl. The maximum Gasteiger partial charge on any atom is 0.412 e. The number of carbonyl (C=O) groups excluding carboxylic acids is 2. The number of hydrogen-bond donors (Lipinski definition) is 2.